The molecule has 0 saturated heterocycles. The molecule has 2 heterocycles. The van der Waals surface area contributed by atoms with Gasteiger partial charge in [0.15, 0.2) is 17.1 Å². The molecule has 0 aliphatic rings. The van der Waals surface area contributed by atoms with Crippen molar-refractivity contribution in [2.75, 3.05) is 6.54 Å². The van der Waals surface area contributed by atoms with Gasteiger partial charge in [-0.3, -0.25) is 9.78 Å². The molecule has 1 unspecified atom stereocenters. The molecule has 5 nitrogen and oxygen atoms in total. The zero-order valence-corrected chi connectivity index (χ0v) is 16.6. The SMILES string of the molecule is CC(F)(CNC(=O)c1nccnc1C(F)(F)F)c1ccc(-c2cncc(F)c2)cc1Cl. The van der Waals surface area contributed by atoms with E-state index in [1.165, 1.54) is 30.5 Å². The maximum Gasteiger partial charge on any atom is 0.435 e. The Bertz CT molecular complexity index is 1120. The number of nitrogens with one attached hydrogen (secondary N) is 1. The molecule has 162 valence electrons. The molecule has 0 spiro atoms. The van der Waals surface area contributed by atoms with Crippen LogP contribution < -0.4 is 5.32 Å². The Hall–Kier alpha value is -3.14. The van der Waals surface area contributed by atoms with Gasteiger partial charge in [-0.2, -0.15) is 13.2 Å². The summed E-state index contributed by atoms with van der Waals surface area (Å²) < 4.78 is 67.6. The van der Waals surface area contributed by atoms with Crippen LogP contribution >= 0.6 is 11.6 Å². The number of carbonyl (C=O) groups excluding carboxylic acids is 1. The van der Waals surface area contributed by atoms with Crippen LogP contribution in [0.5, 0.6) is 0 Å². The number of hydrogen-bond donors (Lipinski definition) is 1. The molecule has 3 rings (SSSR count). The molecule has 0 aliphatic carbocycles. The van der Waals surface area contributed by atoms with E-state index < -0.39 is 41.5 Å². The molecule has 2 aromatic heterocycles. The molecule has 1 atom stereocenters. The summed E-state index contributed by atoms with van der Waals surface area (Å²) in [7, 11) is 0. The first-order valence-corrected chi connectivity index (χ1v) is 9.13. The average Bonchev–Trinajstić information content (AvgIpc) is 2.71. The highest BCUT2D eigenvalue weighted by atomic mass is 35.5. The van der Waals surface area contributed by atoms with E-state index >= 15 is 4.39 Å². The van der Waals surface area contributed by atoms with Crippen LogP contribution in [0.25, 0.3) is 11.1 Å². The highest BCUT2D eigenvalue weighted by molar-refractivity contribution is 6.31. The number of carbonyl (C=O) groups is 1. The van der Waals surface area contributed by atoms with Gasteiger partial charge in [-0.15, -0.1) is 0 Å². The van der Waals surface area contributed by atoms with E-state index in [1.54, 1.807) is 0 Å². The van der Waals surface area contributed by atoms with Gasteiger partial charge in [0.05, 0.1) is 12.7 Å². The minimum atomic E-state index is -4.90. The Morgan fingerprint density at radius 1 is 1.06 bits per heavy atom. The molecule has 0 radical (unpaired) electrons. The quantitative estimate of drug-likeness (QED) is 0.551. The summed E-state index contributed by atoms with van der Waals surface area (Å²) in [5.74, 6) is -1.79. The van der Waals surface area contributed by atoms with E-state index in [1.807, 2.05) is 0 Å². The minimum Gasteiger partial charge on any atom is -0.347 e. The second kappa shape index (κ2) is 8.54. The largest absolute Gasteiger partial charge is 0.435 e. The number of benzene rings is 1. The van der Waals surface area contributed by atoms with Gasteiger partial charge in [0.25, 0.3) is 5.91 Å². The topological polar surface area (TPSA) is 67.8 Å². The van der Waals surface area contributed by atoms with E-state index in [-0.39, 0.29) is 10.6 Å². The van der Waals surface area contributed by atoms with Crippen molar-refractivity contribution in [1.82, 2.24) is 20.3 Å². The van der Waals surface area contributed by atoms with Gasteiger partial charge in [-0.1, -0.05) is 23.7 Å². The van der Waals surface area contributed by atoms with Gasteiger partial charge in [-0.25, -0.2) is 18.7 Å². The number of pyridine rings is 1. The van der Waals surface area contributed by atoms with Crippen LogP contribution in [0.3, 0.4) is 0 Å². The lowest BCUT2D eigenvalue weighted by molar-refractivity contribution is -0.141. The molecule has 1 amide bonds. The summed E-state index contributed by atoms with van der Waals surface area (Å²) in [6, 6.07) is 5.46. The van der Waals surface area contributed by atoms with Crippen molar-refractivity contribution in [2.24, 2.45) is 0 Å². The standard InChI is InChI=1S/C20H14ClF5N4O/c1-19(23,10-30-18(31)16-17(20(24,25)26)29-5-4-28-16)14-3-2-11(7-15(14)21)12-6-13(22)9-27-8-12/h2-9H,10H2,1H3,(H,30,31). The summed E-state index contributed by atoms with van der Waals surface area (Å²) in [6.45, 7) is 0.430. The monoisotopic (exact) mass is 456 g/mol. The predicted molar refractivity (Wildman–Crippen MR) is 102 cm³/mol. The second-order valence-corrected chi connectivity index (χ2v) is 7.13. The van der Waals surface area contributed by atoms with Crippen LogP contribution in [0.2, 0.25) is 5.02 Å². The zero-order valence-electron chi connectivity index (χ0n) is 15.8. The first-order chi connectivity index (χ1) is 14.5. The van der Waals surface area contributed by atoms with Gasteiger partial charge in [0.1, 0.15) is 5.82 Å². The van der Waals surface area contributed by atoms with Crippen molar-refractivity contribution < 1.29 is 26.7 Å². The van der Waals surface area contributed by atoms with E-state index in [0.29, 0.717) is 11.1 Å². The molecule has 11 heteroatoms. The smallest absolute Gasteiger partial charge is 0.347 e. The number of hydrogen-bond acceptors (Lipinski definition) is 4. The summed E-state index contributed by atoms with van der Waals surface area (Å²) in [4.78, 5) is 22.5. The van der Waals surface area contributed by atoms with Crippen molar-refractivity contribution >= 4 is 17.5 Å². The Kier molecular flexibility index (Phi) is 6.21. The van der Waals surface area contributed by atoms with Crippen molar-refractivity contribution in [3.8, 4) is 11.1 Å². The van der Waals surface area contributed by atoms with Gasteiger partial charge in [-0.05, 0) is 24.6 Å². The van der Waals surface area contributed by atoms with Gasteiger partial charge < -0.3 is 5.32 Å². The third-order valence-corrected chi connectivity index (χ3v) is 4.64. The third-order valence-electron chi connectivity index (χ3n) is 4.33. The first-order valence-electron chi connectivity index (χ1n) is 8.75. The molecule has 0 saturated carbocycles. The molecular formula is C20H14ClF5N4O. The Balaban J connectivity index is 1.79. The third kappa shape index (κ3) is 5.13. The highest BCUT2D eigenvalue weighted by Gasteiger charge is 2.38. The zero-order chi connectivity index (χ0) is 22.8. The Morgan fingerprint density at radius 3 is 2.42 bits per heavy atom. The number of rotatable bonds is 5. The number of halogens is 6. The average molecular weight is 457 g/mol. The van der Waals surface area contributed by atoms with Crippen LogP contribution in [0.15, 0.2) is 49.1 Å². The highest BCUT2D eigenvalue weighted by Crippen LogP contribution is 2.34. The van der Waals surface area contributed by atoms with E-state index in [0.717, 1.165) is 25.5 Å². The van der Waals surface area contributed by atoms with Crippen LogP contribution in [0.4, 0.5) is 22.0 Å². The van der Waals surface area contributed by atoms with E-state index in [9.17, 15) is 22.4 Å². The number of alkyl halides is 4. The molecular weight excluding hydrogens is 443 g/mol. The molecule has 0 aliphatic heterocycles. The van der Waals surface area contributed by atoms with E-state index in [2.05, 4.69) is 20.3 Å². The van der Waals surface area contributed by atoms with Crippen molar-refractivity contribution in [1.29, 1.82) is 0 Å². The summed E-state index contributed by atoms with van der Waals surface area (Å²) in [5.41, 5.74) is -3.78. The maximum atomic E-state index is 15.3. The van der Waals surface area contributed by atoms with Crippen LogP contribution in [-0.4, -0.2) is 27.4 Å². The van der Waals surface area contributed by atoms with Crippen molar-refractivity contribution in [3.05, 3.63) is 76.8 Å². The van der Waals surface area contributed by atoms with Gasteiger partial charge in [0.2, 0.25) is 0 Å². The predicted octanol–water partition coefficient (Wildman–Crippen LogP) is 4.96. The van der Waals surface area contributed by atoms with Gasteiger partial charge in [0, 0.05) is 34.7 Å². The fourth-order valence-electron chi connectivity index (χ4n) is 2.82. The molecule has 3 aromatic rings. The fraction of sp³-hybridized carbons (Fsp3) is 0.200. The maximum absolute atomic E-state index is 15.3. The lowest BCUT2D eigenvalue weighted by atomic mass is 9.95. The lowest BCUT2D eigenvalue weighted by Gasteiger charge is -2.23. The number of amides is 1. The van der Waals surface area contributed by atoms with Crippen LogP contribution in [0, 0.1) is 5.82 Å². The second-order valence-electron chi connectivity index (χ2n) is 6.72. The summed E-state index contributed by atoms with van der Waals surface area (Å²) in [6.07, 6.45) is -0.737. The van der Waals surface area contributed by atoms with E-state index in [4.69, 9.17) is 11.6 Å². The summed E-state index contributed by atoms with van der Waals surface area (Å²) in [5, 5.41) is 2.08. The Morgan fingerprint density at radius 2 is 1.77 bits per heavy atom. The van der Waals surface area contributed by atoms with Gasteiger partial charge >= 0.3 is 6.18 Å². The normalized spacial score (nSPS) is 13.5. The molecule has 1 N–H and O–H groups in total. The Labute approximate surface area is 178 Å². The number of aromatic nitrogens is 3. The first kappa shape index (κ1) is 22.5. The lowest BCUT2D eigenvalue weighted by Crippen LogP contribution is -2.37. The minimum absolute atomic E-state index is 0.0160. The fourth-order valence-corrected chi connectivity index (χ4v) is 3.20. The van der Waals surface area contributed by atoms with Crippen LogP contribution in [0.1, 0.15) is 28.7 Å². The summed E-state index contributed by atoms with van der Waals surface area (Å²) >= 11 is 6.18. The van der Waals surface area contributed by atoms with Crippen molar-refractivity contribution in [2.45, 2.75) is 18.8 Å². The molecule has 31 heavy (non-hydrogen) atoms. The number of nitrogens with zero attached hydrogens (tertiary/aromatic N) is 3. The molecule has 0 bridgehead atoms. The van der Waals surface area contributed by atoms with Crippen LogP contribution in [-0.2, 0) is 11.8 Å². The van der Waals surface area contributed by atoms with Crippen molar-refractivity contribution in [3.63, 3.8) is 0 Å². The molecule has 0 fully saturated rings. The molecule has 1 aromatic carbocycles.